The minimum atomic E-state index is 0.0543. The van der Waals surface area contributed by atoms with Crippen molar-refractivity contribution in [3.05, 3.63) is 54.1 Å². The van der Waals surface area contributed by atoms with Crippen molar-refractivity contribution >= 4 is 5.91 Å². The summed E-state index contributed by atoms with van der Waals surface area (Å²) in [7, 11) is 0. The minimum absolute atomic E-state index is 0.0543. The van der Waals surface area contributed by atoms with Gasteiger partial charge in [-0.25, -0.2) is 0 Å². The third-order valence-electron chi connectivity index (χ3n) is 4.02. The van der Waals surface area contributed by atoms with Gasteiger partial charge in [0, 0.05) is 13.1 Å². The molecule has 0 spiro atoms. The van der Waals surface area contributed by atoms with Gasteiger partial charge in [-0.15, -0.1) is 0 Å². The molecule has 3 rings (SSSR count). The topological polar surface area (TPSA) is 53.3 Å². The molecule has 1 aliphatic rings. The summed E-state index contributed by atoms with van der Waals surface area (Å²) in [6.45, 7) is 1.79. The second-order valence-corrected chi connectivity index (χ2v) is 5.59. The predicted molar refractivity (Wildman–Crippen MR) is 87.9 cm³/mol. The number of nitriles is 1. The Hall–Kier alpha value is -2.80. The molecule has 1 aliphatic heterocycles. The molecule has 4 heteroatoms. The number of amides is 1. The molecular formula is C19H18N2O2. The summed E-state index contributed by atoms with van der Waals surface area (Å²) in [6.07, 6.45) is 2.18. The fourth-order valence-electron chi connectivity index (χ4n) is 2.68. The summed E-state index contributed by atoms with van der Waals surface area (Å²) >= 11 is 0. The van der Waals surface area contributed by atoms with Gasteiger partial charge < -0.3 is 9.64 Å². The fraction of sp³-hybridized carbons (Fsp3) is 0.263. The first-order valence-corrected chi connectivity index (χ1v) is 7.77. The Labute approximate surface area is 135 Å². The molecule has 4 nitrogen and oxygen atoms in total. The number of carbonyl (C=O) groups excluding carboxylic acids is 1. The normalized spacial score (nSPS) is 13.6. The number of hydrogen-bond donors (Lipinski definition) is 0. The number of nitrogens with zero attached hydrogens (tertiary/aromatic N) is 2. The van der Waals surface area contributed by atoms with Crippen LogP contribution < -0.4 is 4.74 Å². The Morgan fingerprint density at radius 3 is 2.13 bits per heavy atom. The predicted octanol–water partition coefficient (Wildman–Crippen LogP) is 3.23. The maximum Gasteiger partial charge on any atom is 0.260 e. The number of carbonyl (C=O) groups is 1. The monoisotopic (exact) mass is 306 g/mol. The third kappa shape index (κ3) is 3.70. The van der Waals surface area contributed by atoms with E-state index in [0.717, 1.165) is 37.1 Å². The van der Waals surface area contributed by atoms with Gasteiger partial charge in [-0.1, -0.05) is 24.3 Å². The van der Waals surface area contributed by atoms with Gasteiger partial charge >= 0.3 is 0 Å². The molecule has 0 radical (unpaired) electrons. The van der Waals surface area contributed by atoms with Gasteiger partial charge in [0.1, 0.15) is 5.75 Å². The van der Waals surface area contributed by atoms with Crippen LogP contribution in [0.5, 0.6) is 5.75 Å². The van der Waals surface area contributed by atoms with E-state index in [1.165, 1.54) is 0 Å². The summed E-state index contributed by atoms with van der Waals surface area (Å²) in [5.41, 5.74) is 2.74. The van der Waals surface area contributed by atoms with Crippen LogP contribution in [0.4, 0.5) is 0 Å². The van der Waals surface area contributed by atoms with Crippen LogP contribution in [0.2, 0.25) is 0 Å². The fourth-order valence-corrected chi connectivity index (χ4v) is 2.68. The molecule has 0 aliphatic carbocycles. The highest BCUT2D eigenvalue weighted by atomic mass is 16.5. The first-order valence-electron chi connectivity index (χ1n) is 7.77. The molecule has 23 heavy (non-hydrogen) atoms. The van der Waals surface area contributed by atoms with Crippen LogP contribution in [-0.2, 0) is 4.79 Å². The maximum absolute atomic E-state index is 11.9. The van der Waals surface area contributed by atoms with Crippen LogP contribution in [0, 0.1) is 11.3 Å². The highest BCUT2D eigenvalue weighted by Gasteiger charge is 2.17. The Morgan fingerprint density at radius 2 is 1.57 bits per heavy atom. The van der Waals surface area contributed by atoms with E-state index in [4.69, 9.17) is 10.00 Å². The average molecular weight is 306 g/mol. The molecule has 0 bridgehead atoms. The number of ether oxygens (including phenoxy) is 1. The van der Waals surface area contributed by atoms with E-state index in [0.29, 0.717) is 11.3 Å². The molecule has 0 atom stereocenters. The smallest absolute Gasteiger partial charge is 0.260 e. The molecular weight excluding hydrogens is 288 g/mol. The van der Waals surface area contributed by atoms with Crippen molar-refractivity contribution < 1.29 is 9.53 Å². The molecule has 116 valence electrons. The van der Waals surface area contributed by atoms with Crippen molar-refractivity contribution in [3.8, 4) is 22.9 Å². The second kappa shape index (κ2) is 6.97. The van der Waals surface area contributed by atoms with Gasteiger partial charge in [0.2, 0.25) is 0 Å². The summed E-state index contributed by atoms with van der Waals surface area (Å²) in [6, 6.07) is 17.2. The Bertz CT molecular complexity index is 709. The van der Waals surface area contributed by atoms with Gasteiger partial charge in [-0.2, -0.15) is 5.26 Å². The van der Waals surface area contributed by atoms with E-state index < -0.39 is 0 Å². The first kappa shape index (κ1) is 15.1. The molecule has 2 aromatic carbocycles. The third-order valence-corrected chi connectivity index (χ3v) is 4.02. The van der Waals surface area contributed by atoms with Gasteiger partial charge in [0.15, 0.2) is 6.61 Å². The van der Waals surface area contributed by atoms with E-state index in [1.807, 2.05) is 41.3 Å². The first-order chi connectivity index (χ1) is 11.3. The lowest BCUT2D eigenvalue weighted by atomic mass is 10.0. The van der Waals surface area contributed by atoms with Crippen LogP contribution in [0.3, 0.4) is 0 Å². The number of likely N-dealkylation sites (tertiary alicyclic amines) is 1. The van der Waals surface area contributed by atoms with Crippen molar-refractivity contribution in [2.75, 3.05) is 19.7 Å². The zero-order chi connectivity index (χ0) is 16.1. The van der Waals surface area contributed by atoms with Crippen molar-refractivity contribution in [2.45, 2.75) is 12.8 Å². The number of rotatable bonds is 4. The van der Waals surface area contributed by atoms with Crippen LogP contribution in [-0.4, -0.2) is 30.5 Å². The lowest BCUT2D eigenvalue weighted by Gasteiger charge is -2.15. The zero-order valence-electron chi connectivity index (χ0n) is 12.9. The van der Waals surface area contributed by atoms with Gasteiger partial charge in [-0.05, 0) is 48.2 Å². The van der Waals surface area contributed by atoms with E-state index in [-0.39, 0.29) is 12.5 Å². The van der Waals surface area contributed by atoms with Crippen molar-refractivity contribution in [3.63, 3.8) is 0 Å². The summed E-state index contributed by atoms with van der Waals surface area (Å²) in [4.78, 5) is 13.8. The highest BCUT2D eigenvalue weighted by Crippen LogP contribution is 2.23. The Kier molecular flexibility index (Phi) is 4.58. The molecule has 0 unspecified atom stereocenters. The standard InChI is InChI=1S/C19H18N2O2/c20-13-15-3-5-16(6-4-15)17-7-9-18(10-8-17)23-14-19(22)21-11-1-2-12-21/h3-10H,1-2,11-12,14H2. The van der Waals surface area contributed by atoms with Crippen LogP contribution >= 0.6 is 0 Å². The molecule has 2 aromatic rings. The molecule has 0 saturated carbocycles. The van der Waals surface area contributed by atoms with Crippen molar-refractivity contribution in [1.82, 2.24) is 4.90 Å². The minimum Gasteiger partial charge on any atom is -0.484 e. The Morgan fingerprint density at radius 1 is 1.00 bits per heavy atom. The van der Waals surface area contributed by atoms with Crippen LogP contribution in [0.15, 0.2) is 48.5 Å². The lowest BCUT2D eigenvalue weighted by Crippen LogP contribution is -2.32. The molecule has 1 fully saturated rings. The summed E-state index contributed by atoms with van der Waals surface area (Å²) in [5, 5.41) is 8.82. The largest absolute Gasteiger partial charge is 0.484 e. The van der Waals surface area contributed by atoms with Crippen molar-refractivity contribution in [2.24, 2.45) is 0 Å². The summed E-state index contributed by atoms with van der Waals surface area (Å²) in [5.74, 6) is 0.744. The van der Waals surface area contributed by atoms with Gasteiger partial charge in [0.05, 0.1) is 11.6 Å². The van der Waals surface area contributed by atoms with Crippen molar-refractivity contribution in [1.29, 1.82) is 5.26 Å². The van der Waals surface area contributed by atoms with E-state index in [9.17, 15) is 4.79 Å². The highest BCUT2D eigenvalue weighted by molar-refractivity contribution is 5.78. The van der Waals surface area contributed by atoms with E-state index in [1.54, 1.807) is 12.1 Å². The second-order valence-electron chi connectivity index (χ2n) is 5.59. The molecule has 1 amide bonds. The van der Waals surface area contributed by atoms with Gasteiger partial charge in [-0.3, -0.25) is 4.79 Å². The zero-order valence-corrected chi connectivity index (χ0v) is 12.9. The van der Waals surface area contributed by atoms with E-state index >= 15 is 0 Å². The maximum atomic E-state index is 11.9. The molecule has 1 saturated heterocycles. The lowest BCUT2D eigenvalue weighted by molar-refractivity contribution is -0.132. The Balaban J connectivity index is 1.60. The molecule has 0 aromatic heterocycles. The average Bonchev–Trinajstić information content (AvgIpc) is 3.15. The quantitative estimate of drug-likeness (QED) is 0.871. The SMILES string of the molecule is N#Cc1ccc(-c2ccc(OCC(=O)N3CCCC3)cc2)cc1. The number of hydrogen-bond acceptors (Lipinski definition) is 3. The summed E-state index contributed by atoms with van der Waals surface area (Å²) < 4.78 is 5.57. The van der Waals surface area contributed by atoms with Gasteiger partial charge in [0.25, 0.3) is 5.91 Å². The number of benzene rings is 2. The molecule has 1 heterocycles. The van der Waals surface area contributed by atoms with E-state index in [2.05, 4.69) is 6.07 Å². The molecule has 0 N–H and O–H groups in total. The van der Waals surface area contributed by atoms with Crippen LogP contribution in [0.25, 0.3) is 11.1 Å². The van der Waals surface area contributed by atoms with Crippen LogP contribution in [0.1, 0.15) is 18.4 Å².